The van der Waals surface area contributed by atoms with Crippen molar-refractivity contribution in [3.8, 4) is 5.75 Å². The fourth-order valence-electron chi connectivity index (χ4n) is 2.58. The maximum atomic E-state index is 12.1. The zero-order valence-corrected chi connectivity index (χ0v) is 16.3. The Bertz CT molecular complexity index is 709. The fraction of sp³-hybridized carbons (Fsp3) is 0.350. The lowest BCUT2D eigenvalue weighted by Gasteiger charge is -2.16. The normalized spacial score (nSPS) is 11.0. The molecule has 0 spiro atoms. The number of rotatable bonds is 10. The van der Waals surface area contributed by atoms with Crippen LogP contribution in [0.3, 0.4) is 0 Å². The molecule has 0 unspecified atom stereocenters. The van der Waals surface area contributed by atoms with Crippen molar-refractivity contribution in [3.05, 3.63) is 59.7 Å². The first-order valence-electron chi connectivity index (χ1n) is 8.58. The van der Waals surface area contributed by atoms with E-state index in [1.165, 1.54) is 17.0 Å². The van der Waals surface area contributed by atoms with Gasteiger partial charge >= 0.3 is 6.61 Å². The van der Waals surface area contributed by atoms with Gasteiger partial charge in [0.2, 0.25) is 5.91 Å². The molecule has 0 saturated heterocycles. The molecule has 0 aromatic heterocycles. The van der Waals surface area contributed by atoms with E-state index in [4.69, 9.17) is 0 Å². The Hall–Kier alpha value is -2.12. The Balaban J connectivity index is 1.69. The van der Waals surface area contributed by atoms with Crippen LogP contribution in [0.5, 0.6) is 5.75 Å². The molecule has 7 heteroatoms. The Morgan fingerprint density at radius 2 is 1.74 bits per heavy atom. The molecule has 0 aliphatic rings. The van der Waals surface area contributed by atoms with Crippen LogP contribution in [0.15, 0.2) is 53.4 Å². The third kappa shape index (κ3) is 7.97. The van der Waals surface area contributed by atoms with Crippen LogP contribution in [-0.2, 0) is 17.8 Å². The van der Waals surface area contributed by atoms with E-state index in [0.717, 1.165) is 11.1 Å². The lowest BCUT2D eigenvalue weighted by atomic mass is 10.1. The summed E-state index contributed by atoms with van der Waals surface area (Å²) in [4.78, 5) is 15.2. The number of alkyl halides is 2. The zero-order valence-electron chi connectivity index (χ0n) is 15.5. The minimum atomic E-state index is -2.82. The van der Waals surface area contributed by atoms with Gasteiger partial charge in [0.25, 0.3) is 0 Å². The summed E-state index contributed by atoms with van der Waals surface area (Å²) < 4.78 is 28.5. The molecule has 4 nitrogen and oxygen atoms in total. The highest BCUT2D eigenvalue weighted by molar-refractivity contribution is 7.98. The number of benzene rings is 2. The standard InChI is InChI=1S/C20H24F2N2O2S/c1-24(13-16-5-9-18(27-2)10-6-16)14-19(25)23-12-11-15-3-7-17(8-4-15)26-20(21)22/h3-10,20H,11-14H2,1-2H3,(H,23,25). The van der Waals surface area contributed by atoms with Crippen LogP contribution in [0, 0.1) is 0 Å². The molecular formula is C20H24F2N2O2S. The SMILES string of the molecule is CSc1ccc(CN(C)CC(=O)NCCc2ccc(OC(F)F)cc2)cc1. The number of nitrogens with zero attached hydrogens (tertiary/aromatic N) is 1. The highest BCUT2D eigenvalue weighted by Gasteiger charge is 2.08. The molecule has 1 N–H and O–H groups in total. The molecule has 2 aromatic carbocycles. The van der Waals surface area contributed by atoms with E-state index in [-0.39, 0.29) is 11.7 Å². The van der Waals surface area contributed by atoms with E-state index < -0.39 is 6.61 Å². The third-order valence-corrected chi connectivity index (χ3v) is 4.65. The first-order chi connectivity index (χ1) is 13.0. The number of amides is 1. The number of ether oxygens (including phenoxy) is 1. The van der Waals surface area contributed by atoms with E-state index in [1.807, 2.05) is 18.2 Å². The average Bonchev–Trinajstić information content (AvgIpc) is 2.63. The number of carbonyl (C=O) groups is 1. The largest absolute Gasteiger partial charge is 0.435 e. The number of likely N-dealkylation sites (N-methyl/N-ethyl adjacent to an activating group) is 1. The van der Waals surface area contributed by atoms with Crippen LogP contribution in [0.4, 0.5) is 8.78 Å². The Morgan fingerprint density at radius 1 is 1.11 bits per heavy atom. The van der Waals surface area contributed by atoms with Crippen molar-refractivity contribution >= 4 is 17.7 Å². The summed E-state index contributed by atoms with van der Waals surface area (Å²) >= 11 is 1.70. The molecular weight excluding hydrogens is 370 g/mol. The summed E-state index contributed by atoms with van der Waals surface area (Å²) in [6, 6.07) is 14.7. The monoisotopic (exact) mass is 394 g/mol. The van der Waals surface area contributed by atoms with E-state index in [9.17, 15) is 13.6 Å². The lowest BCUT2D eigenvalue weighted by Crippen LogP contribution is -2.35. The van der Waals surface area contributed by atoms with Crippen molar-refractivity contribution in [2.24, 2.45) is 0 Å². The maximum Gasteiger partial charge on any atom is 0.387 e. The van der Waals surface area contributed by atoms with Crippen LogP contribution < -0.4 is 10.1 Å². The van der Waals surface area contributed by atoms with Crippen LogP contribution in [0.2, 0.25) is 0 Å². The predicted octanol–water partition coefficient (Wildman–Crippen LogP) is 3.80. The highest BCUT2D eigenvalue weighted by Crippen LogP contribution is 2.16. The first-order valence-corrected chi connectivity index (χ1v) is 9.80. The quantitative estimate of drug-likeness (QED) is 0.623. The van der Waals surface area contributed by atoms with Gasteiger partial charge in [0, 0.05) is 18.0 Å². The molecule has 0 aliphatic carbocycles. The topological polar surface area (TPSA) is 41.6 Å². The second kappa shape index (κ2) is 10.9. The average molecular weight is 394 g/mol. The highest BCUT2D eigenvalue weighted by atomic mass is 32.2. The van der Waals surface area contributed by atoms with Crippen molar-refractivity contribution in [2.75, 3.05) is 26.4 Å². The molecule has 0 heterocycles. The minimum Gasteiger partial charge on any atom is -0.435 e. The molecule has 0 bridgehead atoms. The number of carbonyl (C=O) groups excluding carboxylic acids is 1. The lowest BCUT2D eigenvalue weighted by molar-refractivity contribution is -0.122. The van der Waals surface area contributed by atoms with E-state index in [2.05, 4.69) is 34.3 Å². The Labute approximate surface area is 162 Å². The minimum absolute atomic E-state index is 0.0455. The first kappa shape index (κ1) is 21.2. The van der Waals surface area contributed by atoms with E-state index in [0.29, 0.717) is 26.1 Å². The second-order valence-corrected chi connectivity index (χ2v) is 7.02. The zero-order chi connectivity index (χ0) is 19.6. The maximum absolute atomic E-state index is 12.1. The smallest absolute Gasteiger partial charge is 0.387 e. The summed E-state index contributed by atoms with van der Waals surface area (Å²) in [6.07, 6.45) is 2.66. The van der Waals surface area contributed by atoms with Crippen molar-refractivity contribution in [2.45, 2.75) is 24.5 Å². The van der Waals surface area contributed by atoms with E-state index in [1.54, 1.807) is 23.9 Å². The van der Waals surface area contributed by atoms with Gasteiger partial charge in [-0.05, 0) is 55.1 Å². The molecule has 0 atom stereocenters. The number of nitrogens with one attached hydrogen (secondary N) is 1. The van der Waals surface area contributed by atoms with Crippen LogP contribution in [-0.4, -0.2) is 43.8 Å². The van der Waals surface area contributed by atoms with Crippen LogP contribution in [0.25, 0.3) is 0 Å². The van der Waals surface area contributed by atoms with Crippen LogP contribution in [0.1, 0.15) is 11.1 Å². The van der Waals surface area contributed by atoms with Gasteiger partial charge in [-0.25, -0.2) is 0 Å². The Kier molecular flexibility index (Phi) is 8.54. The molecule has 27 heavy (non-hydrogen) atoms. The number of hydrogen-bond acceptors (Lipinski definition) is 4. The van der Waals surface area contributed by atoms with Gasteiger partial charge in [-0.15, -0.1) is 11.8 Å². The van der Waals surface area contributed by atoms with Gasteiger partial charge in [0.1, 0.15) is 5.75 Å². The summed E-state index contributed by atoms with van der Waals surface area (Å²) in [6.45, 7) is -1.32. The van der Waals surface area contributed by atoms with Crippen molar-refractivity contribution < 1.29 is 18.3 Å². The summed E-state index contributed by atoms with van der Waals surface area (Å²) in [5, 5.41) is 2.88. The summed E-state index contributed by atoms with van der Waals surface area (Å²) in [5.41, 5.74) is 2.10. The molecule has 2 aromatic rings. The molecule has 0 saturated carbocycles. The van der Waals surface area contributed by atoms with Crippen LogP contribution >= 0.6 is 11.8 Å². The molecule has 146 valence electrons. The van der Waals surface area contributed by atoms with E-state index >= 15 is 0 Å². The number of hydrogen-bond donors (Lipinski definition) is 1. The molecule has 1 amide bonds. The van der Waals surface area contributed by atoms with Crippen molar-refractivity contribution in [3.63, 3.8) is 0 Å². The molecule has 2 rings (SSSR count). The third-order valence-electron chi connectivity index (χ3n) is 3.91. The fourth-order valence-corrected chi connectivity index (χ4v) is 2.99. The van der Waals surface area contributed by atoms with Gasteiger partial charge < -0.3 is 10.1 Å². The van der Waals surface area contributed by atoms with Gasteiger partial charge in [0.15, 0.2) is 0 Å². The summed E-state index contributed by atoms with van der Waals surface area (Å²) in [5.74, 6) is 0.0841. The summed E-state index contributed by atoms with van der Waals surface area (Å²) in [7, 11) is 1.91. The van der Waals surface area contributed by atoms with Gasteiger partial charge in [0.05, 0.1) is 6.54 Å². The number of thioether (sulfide) groups is 1. The van der Waals surface area contributed by atoms with Gasteiger partial charge in [-0.3, -0.25) is 9.69 Å². The van der Waals surface area contributed by atoms with Crippen molar-refractivity contribution in [1.82, 2.24) is 10.2 Å². The Morgan fingerprint density at radius 3 is 2.33 bits per heavy atom. The van der Waals surface area contributed by atoms with Gasteiger partial charge in [-0.1, -0.05) is 24.3 Å². The van der Waals surface area contributed by atoms with Crippen molar-refractivity contribution in [1.29, 1.82) is 0 Å². The predicted molar refractivity (Wildman–Crippen MR) is 104 cm³/mol. The molecule has 0 aliphatic heterocycles. The van der Waals surface area contributed by atoms with Gasteiger partial charge in [-0.2, -0.15) is 8.78 Å². The second-order valence-electron chi connectivity index (χ2n) is 6.14. The molecule has 0 radical (unpaired) electrons. The number of halogens is 2. The molecule has 0 fully saturated rings.